The summed E-state index contributed by atoms with van der Waals surface area (Å²) in [4.78, 5) is 48.8. The van der Waals surface area contributed by atoms with Crippen molar-refractivity contribution in [1.82, 2.24) is 10.2 Å². The highest BCUT2D eigenvalue weighted by molar-refractivity contribution is 6.32. The van der Waals surface area contributed by atoms with Crippen molar-refractivity contribution < 1.29 is 33.2 Å². The first-order chi connectivity index (χ1) is 19.2. The molecule has 0 unspecified atom stereocenters. The van der Waals surface area contributed by atoms with Gasteiger partial charge in [-0.05, 0) is 48.4 Å². The molecule has 11 nitrogen and oxygen atoms in total. The number of hydrogen-bond acceptors (Lipinski definition) is 7. The number of rotatable bonds is 10. The first-order valence-corrected chi connectivity index (χ1v) is 12.3. The molecular formula is C27H22ClFN4O7. The fraction of sp³-hybridized carbons (Fsp3) is 0.148. The molecule has 0 atom stereocenters. The van der Waals surface area contributed by atoms with E-state index < -0.39 is 35.1 Å². The van der Waals surface area contributed by atoms with Crippen LogP contribution < -0.4 is 20.1 Å². The number of para-hydroxylation sites is 1. The number of carbonyl (C=O) groups excluding carboxylic acids is 3. The number of benzene rings is 3. The lowest BCUT2D eigenvalue weighted by Gasteiger charge is -2.15. The van der Waals surface area contributed by atoms with Gasteiger partial charge >= 0.3 is 6.03 Å². The summed E-state index contributed by atoms with van der Waals surface area (Å²) in [6, 6.07) is 13.6. The molecule has 1 heterocycles. The summed E-state index contributed by atoms with van der Waals surface area (Å²) in [5, 5.41) is 15.9. The molecule has 40 heavy (non-hydrogen) atoms. The molecule has 1 aliphatic rings. The highest BCUT2D eigenvalue weighted by atomic mass is 35.5. The summed E-state index contributed by atoms with van der Waals surface area (Å²) < 4.78 is 25.3. The van der Waals surface area contributed by atoms with Gasteiger partial charge in [-0.3, -0.25) is 19.7 Å². The fourth-order valence-corrected chi connectivity index (χ4v) is 4.04. The zero-order valence-electron chi connectivity index (χ0n) is 21.0. The summed E-state index contributed by atoms with van der Waals surface area (Å²) in [5.41, 5.74) is 0.643. The minimum Gasteiger partial charge on any atom is -0.490 e. The monoisotopic (exact) mass is 568 g/mol. The lowest BCUT2D eigenvalue weighted by Crippen LogP contribution is -2.38. The molecule has 3 aromatic carbocycles. The van der Waals surface area contributed by atoms with E-state index in [2.05, 4.69) is 10.6 Å². The average molecular weight is 569 g/mol. The number of amides is 4. The van der Waals surface area contributed by atoms with Crippen molar-refractivity contribution in [2.45, 2.75) is 13.5 Å². The number of anilines is 1. The molecule has 2 N–H and O–H groups in total. The summed E-state index contributed by atoms with van der Waals surface area (Å²) in [7, 11) is 0. The number of urea groups is 1. The van der Waals surface area contributed by atoms with E-state index in [1.165, 1.54) is 54.6 Å². The van der Waals surface area contributed by atoms with Gasteiger partial charge in [0.15, 0.2) is 11.5 Å². The Kier molecular flexibility index (Phi) is 8.60. The zero-order valence-corrected chi connectivity index (χ0v) is 21.7. The molecule has 4 amide bonds. The number of hydrogen-bond donors (Lipinski definition) is 2. The Hall–Kier alpha value is -4.97. The smallest absolute Gasteiger partial charge is 0.329 e. The third-order valence-corrected chi connectivity index (χ3v) is 5.84. The standard InChI is InChI=1S/C27H22ClFN4O7/c1-2-39-23-13-17(11-19(28)25(23)40-15-16-6-5-7-18(10-16)33(37)38)12-22-26(35)32(27(36)31-22)14-24(34)30-21-9-4-3-8-20(21)29/h3-13H,2,14-15H2,1H3,(H,30,34)(H,31,36)/b22-12+. The summed E-state index contributed by atoms with van der Waals surface area (Å²) in [6.07, 6.45) is 1.35. The molecule has 0 saturated carbocycles. The Morgan fingerprint density at radius 2 is 1.93 bits per heavy atom. The van der Waals surface area contributed by atoms with Crippen LogP contribution in [0.5, 0.6) is 11.5 Å². The molecule has 1 fully saturated rings. The van der Waals surface area contributed by atoms with Crippen LogP contribution in [-0.2, 0) is 16.2 Å². The maximum Gasteiger partial charge on any atom is 0.329 e. The molecule has 0 spiro atoms. The highest BCUT2D eigenvalue weighted by Gasteiger charge is 2.35. The number of imide groups is 1. The molecule has 13 heteroatoms. The topological polar surface area (TPSA) is 140 Å². The van der Waals surface area contributed by atoms with Gasteiger partial charge in [-0.2, -0.15) is 0 Å². The van der Waals surface area contributed by atoms with E-state index in [1.807, 2.05) is 0 Å². The summed E-state index contributed by atoms with van der Waals surface area (Å²) in [5.74, 6) is -1.76. The van der Waals surface area contributed by atoms with Crippen molar-refractivity contribution in [3.63, 3.8) is 0 Å². The molecule has 206 valence electrons. The molecule has 0 radical (unpaired) electrons. The number of carbonyl (C=O) groups is 3. The van der Waals surface area contributed by atoms with Crippen LogP contribution in [0.3, 0.4) is 0 Å². The Morgan fingerprint density at radius 1 is 1.15 bits per heavy atom. The van der Waals surface area contributed by atoms with E-state index in [1.54, 1.807) is 13.0 Å². The Labute approximate surface area is 232 Å². The van der Waals surface area contributed by atoms with Crippen LogP contribution in [-0.4, -0.2) is 40.8 Å². The predicted octanol–water partition coefficient (Wildman–Crippen LogP) is 4.90. The summed E-state index contributed by atoms with van der Waals surface area (Å²) in [6.45, 7) is 1.34. The van der Waals surface area contributed by atoms with Crippen LogP contribution in [0.1, 0.15) is 18.1 Å². The van der Waals surface area contributed by atoms with Gasteiger partial charge in [-0.15, -0.1) is 0 Å². The number of non-ortho nitro benzene ring substituents is 1. The first kappa shape index (κ1) is 28.0. The van der Waals surface area contributed by atoms with Crippen molar-refractivity contribution in [3.05, 3.63) is 98.4 Å². The van der Waals surface area contributed by atoms with E-state index in [-0.39, 0.29) is 46.8 Å². The lowest BCUT2D eigenvalue weighted by molar-refractivity contribution is -0.384. The Morgan fingerprint density at radius 3 is 2.65 bits per heavy atom. The molecule has 1 saturated heterocycles. The first-order valence-electron chi connectivity index (χ1n) is 11.9. The van der Waals surface area contributed by atoms with Crippen molar-refractivity contribution in [2.75, 3.05) is 18.5 Å². The van der Waals surface area contributed by atoms with Crippen molar-refractivity contribution in [3.8, 4) is 11.5 Å². The van der Waals surface area contributed by atoms with Crippen LogP contribution >= 0.6 is 11.6 Å². The molecule has 0 bridgehead atoms. The minimum atomic E-state index is -0.826. The molecule has 0 aliphatic carbocycles. The minimum absolute atomic E-state index is 0.0274. The average Bonchev–Trinajstić information content (AvgIpc) is 3.17. The van der Waals surface area contributed by atoms with E-state index >= 15 is 0 Å². The van der Waals surface area contributed by atoms with Gasteiger partial charge in [-0.25, -0.2) is 14.1 Å². The molecule has 3 aromatic rings. The number of nitrogens with one attached hydrogen (secondary N) is 2. The number of nitro benzene ring substituents is 1. The maximum absolute atomic E-state index is 13.8. The van der Waals surface area contributed by atoms with E-state index in [4.69, 9.17) is 21.1 Å². The number of halogens is 2. The molecule has 0 aromatic heterocycles. The molecular weight excluding hydrogens is 547 g/mol. The van der Waals surface area contributed by atoms with Crippen LogP contribution in [0.25, 0.3) is 6.08 Å². The van der Waals surface area contributed by atoms with E-state index in [0.29, 0.717) is 16.0 Å². The summed E-state index contributed by atoms with van der Waals surface area (Å²) >= 11 is 6.45. The normalized spacial score (nSPS) is 13.8. The van der Waals surface area contributed by atoms with Crippen molar-refractivity contribution in [1.29, 1.82) is 0 Å². The van der Waals surface area contributed by atoms with Crippen LogP contribution in [0.4, 0.5) is 20.6 Å². The van der Waals surface area contributed by atoms with Gasteiger partial charge in [0.05, 0.1) is 22.2 Å². The van der Waals surface area contributed by atoms with E-state index in [0.717, 1.165) is 6.07 Å². The molecule has 1 aliphatic heterocycles. The number of nitrogens with zero attached hydrogens (tertiary/aromatic N) is 2. The van der Waals surface area contributed by atoms with Gasteiger partial charge < -0.3 is 20.1 Å². The third-order valence-electron chi connectivity index (χ3n) is 5.56. The van der Waals surface area contributed by atoms with E-state index in [9.17, 15) is 28.9 Å². The van der Waals surface area contributed by atoms with Crippen LogP contribution in [0, 0.1) is 15.9 Å². The largest absolute Gasteiger partial charge is 0.490 e. The van der Waals surface area contributed by atoms with Crippen LogP contribution in [0.2, 0.25) is 5.02 Å². The third kappa shape index (κ3) is 6.53. The van der Waals surface area contributed by atoms with Gasteiger partial charge in [0.2, 0.25) is 5.91 Å². The fourth-order valence-electron chi connectivity index (χ4n) is 3.77. The van der Waals surface area contributed by atoms with Gasteiger partial charge in [-0.1, -0.05) is 35.9 Å². The van der Waals surface area contributed by atoms with Crippen LogP contribution in [0.15, 0.2) is 66.4 Å². The number of nitro groups is 1. The lowest BCUT2D eigenvalue weighted by atomic mass is 10.1. The quantitative estimate of drug-likeness (QED) is 0.153. The maximum atomic E-state index is 13.8. The highest BCUT2D eigenvalue weighted by Crippen LogP contribution is 2.38. The second kappa shape index (κ2) is 12.3. The second-order valence-electron chi connectivity index (χ2n) is 8.39. The van der Waals surface area contributed by atoms with Crippen molar-refractivity contribution in [2.24, 2.45) is 0 Å². The number of ether oxygens (including phenoxy) is 2. The predicted molar refractivity (Wildman–Crippen MR) is 143 cm³/mol. The SMILES string of the molecule is CCOc1cc(/C=C2/NC(=O)N(CC(=O)Nc3ccccc3F)C2=O)cc(Cl)c1OCc1cccc([N+](=O)[O-])c1. The Balaban J connectivity index is 1.50. The second-order valence-corrected chi connectivity index (χ2v) is 8.79. The zero-order chi connectivity index (χ0) is 28.8. The molecule has 4 rings (SSSR count). The van der Waals surface area contributed by atoms with Gasteiger partial charge in [0.1, 0.15) is 24.7 Å². The van der Waals surface area contributed by atoms with Crippen molar-refractivity contribution >= 4 is 46.9 Å². The van der Waals surface area contributed by atoms with Gasteiger partial charge in [0.25, 0.3) is 11.6 Å². The Bertz CT molecular complexity index is 1530. The van der Waals surface area contributed by atoms with Gasteiger partial charge in [0, 0.05) is 12.1 Å².